The van der Waals surface area contributed by atoms with Crippen molar-refractivity contribution in [2.75, 3.05) is 19.5 Å². The Bertz CT molecular complexity index is 912. The first-order valence-corrected chi connectivity index (χ1v) is 8.59. The van der Waals surface area contributed by atoms with E-state index in [1.807, 2.05) is 42.5 Å². The van der Waals surface area contributed by atoms with Crippen molar-refractivity contribution in [3.05, 3.63) is 58.6 Å². The van der Waals surface area contributed by atoms with E-state index in [9.17, 15) is 0 Å². The molecule has 1 aliphatic rings. The number of benzene rings is 2. The molecule has 0 saturated heterocycles. The molecular weight excluding hydrogens is 354 g/mol. The Morgan fingerprint density at radius 2 is 1.92 bits per heavy atom. The van der Waals surface area contributed by atoms with Gasteiger partial charge in [-0.05, 0) is 46.7 Å². The number of halogens is 1. The number of tetrazole rings is 1. The second-order valence-corrected chi connectivity index (χ2v) is 6.49. The molecule has 7 nitrogen and oxygen atoms in total. The number of fused-ring (bicyclic) bond motifs is 1. The van der Waals surface area contributed by atoms with Crippen LogP contribution in [0.25, 0.3) is 0 Å². The number of aromatic nitrogens is 4. The molecule has 2 unspecified atom stereocenters. The minimum Gasteiger partial charge on any atom is -0.497 e. The number of hydrogen-bond donors (Lipinski definition) is 1. The van der Waals surface area contributed by atoms with Crippen molar-refractivity contribution >= 4 is 17.5 Å². The van der Waals surface area contributed by atoms with E-state index in [0.29, 0.717) is 11.0 Å². The van der Waals surface area contributed by atoms with Crippen molar-refractivity contribution in [2.24, 2.45) is 0 Å². The average molecular weight is 372 g/mol. The second kappa shape index (κ2) is 6.84. The van der Waals surface area contributed by atoms with Gasteiger partial charge >= 0.3 is 0 Å². The Balaban J connectivity index is 1.75. The van der Waals surface area contributed by atoms with Gasteiger partial charge in [0.15, 0.2) is 0 Å². The number of hydrogen-bond acceptors (Lipinski definition) is 6. The summed E-state index contributed by atoms with van der Waals surface area (Å²) in [4.78, 5) is 0. The Labute approximate surface area is 155 Å². The van der Waals surface area contributed by atoms with Gasteiger partial charge in [-0.25, -0.2) is 4.68 Å². The summed E-state index contributed by atoms with van der Waals surface area (Å²) in [6, 6.07) is 13.6. The Kier molecular flexibility index (Phi) is 4.38. The van der Waals surface area contributed by atoms with Crippen LogP contribution in [0.15, 0.2) is 42.5 Å². The van der Waals surface area contributed by atoms with Crippen LogP contribution in [0.4, 0.5) is 5.95 Å². The van der Waals surface area contributed by atoms with Crippen molar-refractivity contribution < 1.29 is 9.47 Å². The van der Waals surface area contributed by atoms with Gasteiger partial charge in [0.05, 0.1) is 26.3 Å². The van der Waals surface area contributed by atoms with E-state index < -0.39 is 0 Å². The molecule has 26 heavy (non-hydrogen) atoms. The molecule has 3 aromatic rings. The lowest BCUT2D eigenvalue weighted by Crippen LogP contribution is -2.28. The van der Waals surface area contributed by atoms with E-state index in [1.54, 1.807) is 18.9 Å². The molecule has 0 amide bonds. The van der Waals surface area contributed by atoms with Crippen LogP contribution >= 0.6 is 11.6 Å². The van der Waals surface area contributed by atoms with Gasteiger partial charge in [0, 0.05) is 16.7 Å². The molecule has 0 radical (unpaired) electrons. The van der Waals surface area contributed by atoms with Crippen LogP contribution in [0.3, 0.4) is 0 Å². The number of nitrogens with one attached hydrogen (secondary N) is 1. The van der Waals surface area contributed by atoms with Crippen molar-refractivity contribution in [1.82, 2.24) is 20.2 Å². The molecule has 1 N–H and O–H groups in total. The second-order valence-electron chi connectivity index (χ2n) is 6.05. The van der Waals surface area contributed by atoms with E-state index in [-0.39, 0.29) is 12.1 Å². The van der Waals surface area contributed by atoms with Crippen LogP contribution in [0.1, 0.15) is 29.6 Å². The fourth-order valence-corrected chi connectivity index (χ4v) is 3.43. The van der Waals surface area contributed by atoms with Crippen LogP contribution in [-0.2, 0) is 0 Å². The minimum atomic E-state index is -0.0669. The molecule has 0 aliphatic carbocycles. The molecule has 1 aliphatic heterocycles. The largest absolute Gasteiger partial charge is 0.497 e. The first-order chi connectivity index (χ1) is 12.7. The lowest BCUT2D eigenvalue weighted by Gasteiger charge is -2.31. The summed E-state index contributed by atoms with van der Waals surface area (Å²) in [7, 11) is 3.28. The summed E-state index contributed by atoms with van der Waals surface area (Å²) in [6.45, 7) is 0. The van der Waals surface area contributed by atoms with Gasteiger partial charge in [0.25, 0.3) is 0 Å². The fourth-order valence-electron chi connectivity index (χ4n) is 3.30. The molecule has 134 valence electrons. The highest BCUT2D eigenvalue weighted by atomic mass is 35.5. The number of ether oxygens (including phenoxy) is 2. The summed E-state index contributed by atoms with van der Waals surface area (Å²) in [5, 5.41) is 16.2. The van der Waals surface area contributed by atoms with Crippen molar-refractivity contribution in [3.63, 3.8) is 0 Å². The summed E-state index contributed by atoms with van der Waals surface area (Å²) in [5.74, 6) is 2.11. The standard InChI is InChI=1S/C18H18ClN5O2/c1-25-13-7-8-14(17(9-13)26-2)16-10-15(11-3-5-12(19)6-4-11)20-18-21-22-23-24(16)18/h3-9,15-16H,10H2,1-2H3,(H,20,21,23). The monoisotopic (exact) mass is 371 g/mol. The number of rotatable bonds is 4. The lowest BCUT2D eigenvalue weighted by atomic mass is 9.93. The quantitative estimate of drug-likeness (QED) is 0.756. The minimum absolute atomic E-state index is 0.0579. The third kappa shape index (κ3) is 2.94. The highest BCUT2D eigenvalue weighted by Gasteiger charge is 2.32. The van der Waals surface area contributed by atoms with Crippen LogP contribution in [-0.4, -0.2) is 34.4 Å². The lowest BCUT2D eigenvalue weighted by molar-refractivity contribution is 0.369. The van der Waals surface area contributed by atoms with Crippen molar-refractivity contribution in [2.45, 2.75) is 18.5 Å². The van der Waals surface area contributed by atoms with E-state index in [1.165, 1.54) is 0 Å². The molecule has 1 aromatic heterocycles. The molecule has 0 fully saturated rings. The molecule has 0 spiro atoms. The Morgan fingerprint density at radius 3 is 2.65 bits per heavy atom. The van der Waals surface area contributed by atoms with Gasteiger partial charge in [-0.3, -0.25) is 0 Å². The van der Waals surface area contributed by atoms with E-state index >= 15 is 0 Å². The molecule has 2 atom stereocenters. The first kappa shape index (κ1) is 16.7. The Hall–Kier alpha value is -2.80. The summed E-state index contributed by atoms with van der Waals surface area (Å²) < 4.78 is 12.7. The van der Waals surface area contributed by atoms with Gasteiger partial charge < -0.3 is 14.8 Å². The van der Waals surface area contributed by atoms with Crippen LogP contribution in [0.5, 0.6) is 11.5 Å². The molecule has 8 heteroatoms. The molecular formula is C18H18ClN5O2. The third-order valence-electron chi connectivity index (χ3n) is 4.62. The van der Waals surface area contributed by atoms with Gasteiger partial charge in [-0.1, -0.05) is 28.8 Å². The SMILES string of the molecule is COc1ccc(C2CC(c3ccc(Cl)cc3)Nc3nnnn32)c(OC)c1. The number of nitrogens with zero attached hydrogens (tertiary/aromatic N) is 4. The van der Waals surface area contributed by atoms with Crippen LogP contribution < -0.4 is 14.8 Å². The Morgan fingerprint density at radius 1 is 1.12 bits per heavy atom. The maximum atomic E-state index is 6.02. The van der Waals surface area contributed by atoms with Gasteiger partial charge in [-0.2, -0.15) is 0 Å². The molecule has 2 aromatic carbocycles. The predicted molar refractivity (Wildman–Crippen MR) is 97.9 cm³/mol. The van der Waals surface area contributed by atoms with E-state index in [4.69, 9.17) is 21.1 Å². The normalized spacial score (nSPS) is 18.7. The van der Waals surface area contributed by atoms with Crippen molar-refractivity contribution in [1.29, 1.82) is 0 Å². The van der Waals surface area contributed by atoms with E-state index in [2.05, 4.69) is 20.8 Å². The number of anilines is 1. The smallest absolute Gasteiger partial charge is 0.243 e. The maximum absolute atomic E-state index is 6.02. The number of methoxy groups -OCH3 is 2. The summed E-state index contributed by atoms with van der Waals surface area (Å²) >= 11 is 6.02. The van der Waals surface area contributed by atoms with Crippen LogP contribution in [0.2, 0.25) is 5.02 Å². The fraction of sp³-hybridized carbons (Fsp3) is 0.278. The van der Waals surface area contributed by atoms with Gasteiger partial charge in [-0.15, -0.1) is 0 Å². The van der Waals surface area contributed by atoms with Crippen molar-refractivity contribution in [3.8, 4) is 11.5 Å². The van der Waals surface area contributed by atoms with Crippen LogP contribution in [0, 0.1) is 0 Å². The highest BCUT2D eigenvalue weighted by molar-refractivity contribution is 6.30. The molecule has 2 heterocycles. The maximum Gasteiger partial charge on any atom is 0.243 e. The average Bonchev–Trinajstić information content (AvgIpc) is 3.16. The summed E-state index contributed by atoms with van der Waals surface area (Å²) in [5.41, 5.74) is 2.13. The van der Waals surface area contributed by atoms with Gasteiger partial charge in [0.2, 0.25) is 5.95 Å². The molecule has 4 rings (SSSR count). The molecule has 0 bridgehead atoms. The van der Waals surface area contributed by atoms with Gasteiger partial charge in [0.1, 0.15) is 11.5 Å². The highest BCUT2D eigenvalue weighted by Crippen LogP contribution is 2.41. The zero-order valence-corrected chi connectivity index (χ0v) is 15.1. The third-order valence-corrected chi connectivity index (χ3v) is 4.87. The topological polar surface area (TPSA) is 74.1 Å². The zero-order valence-electron chi connectivity index (χ0n) is 14.4. The van der Waals surface area contributed by atoms with E-state index in [0.717, 1.165) is 29.0 Å². The first-order valence-electron chi connectivity index (χ1n) is 8.21. The zero-order chi connectivity index (χ0) is 18.1. The molecule has 0 saturated carbocycles. The predicted octanol–water partition coefficient (Wildman–Crippen LogP) is 3.49. The summed E-state index contributed by atoms with van der Waals surface area (Å²) in [6.07, 6.45) is 0.766.